The van der Waals surface area contributed by atoms with E-state index in [0.717, 1.165) is 27.1 Å². The fourth-order valence-electron chi connectivity index (χ4n) is 2.07. The Labute approximate surface area is 163 Å². The van der Waals surface area contributed by atoms with Gasteiger partial charge in [0.1, 0.15) is 5.75 Å². The lowest BCUT2D eigenvalue weighted by atomic mass is 10.2. The molecule has 3 rings (SSSR count). The van der Waals surface area contributed by atoms with Gasteiger partial charge in [-0.1, -0.05) is 52.0 Å². The van der Waals surface area contributed by atoms with Crippen LogP contribution in [0.15, 0.2) is 63.3 Å². The van der Waals surface area contributed by atoms with Crippen molar-refractivity contribution in [3.8, 4) is 5.75 Å². The van der Waals surface area contributed by atoms with E-state index in [-0.39, 0.29) is 0 Å². The molecule has 0 fully saturated rings. The number of anilines is 1. The number of hydrogen-bond acceptors (Lipinski definition) is 7. The molecule has 3 aromatic rings. The van der Waals surface area contributed by atoms with Gasteiger partial charge in [0, 0.05) is 10.2 Å². The Bertz CT molecular complexity index is 897. The molecule has 0 aliphatic carbocycles. The number of methoxy groups -OCH3 is 1. The third kappa shape index (κ3) is 4.77. The molecule has 26 heavy (non-hydrogen) atoms. The molecular formula is C17H17BrN6OS. The van der Waals surface area contributed by atoms with E-state index in [9.17, 15) is 0 Å². The van der Waals surface area contributed by atoms with E-state index in [1.54, 1.807) is 13.3 Å². The zero-order valence-corrected chi connectivity index (χ0v) is 16.4. The van der Waals surface area contributed by atoms with Crippen molar-refractivity contribution in [3.63, 3.8) is 0 Å². The third-order valence-electron chi connectivity index (χ3n) is 3.42. The Balaban J connectivity index is 1.58. The molecule has 0 unspecified atom stereocenters. The van der Waals surface area contributed by atoms with Gasteiger partial charge in [0.15, 0.2) is 0 Å². The lowest BCUT2D eigenvalue weighted by Crippen LogP contribution is -2.13. The van der Waals surface area contributed by atoms with Crippen molar-refractivity contribution in [1.82, 2.24) is 14.9 Å². The van der Waals surface area contributed by atoms with E-state index in [2.05, 4.69) is 36.7 Å². The van der Waals surface area contributed by atoms with Crippen LogP contribution in [0.3, 0.4) is 0 Å². The first-order valence-corrected chi connectivity index (χ1v) is 9.44. The number of hydrazone groups is 1. The van der Waals surface area contributed by atoms with E-state index in [4.69, 9.17) is 10.6 Å². The number of thioether (sulfide) groups is 1. The summed E-state index contributed by atoms with van der Waals surface area (Å²) in [6, 6.07) is 15.6. The van der Waals surface area contributed by atoms with Gasteiger partial charge in [-0.05, 0) is 35.4 Å². The lowest BCUT2D eigenvalue weighted by molar-refractivity contribution is 0.414. The van der Waals surface area contributed by atoms with Crippen molar-refractivity contribution in [2.45, 2.75) is 10.9 Å². The largest absolute Gasteiger partial charge is 0.497 e. The van der Waals surface area contributed by atoms with Crippen LogP contribution in [0.2, 0.25) is 0 Å². The highest BCUT2D eigenvalue weighted by atomic mass is 79.9. The van der Waals surface area contributed by atoms with Gasteiger partial charge < -0.3 is 10.6 Å². The van der Waals surface area contributed by atoms with Crippen LogP contribution in [0.25, 0.3) is 0 Å². The Hall–Kier alpha value is -2.52. The van der Waals surface area contributed by atoms with Crippen LogP contribution in [0.4, 0.5) is 5.95 Å². The second-order valence-electron chi connectivity index (χ2n) is 5.24. The number of hydrogen-bond donors (Lipinski definition) is 2. The van der Waals surface area contributed by atoms with Gasteiger partial charge in [0.2, 0.25) is 5.16 Å². The number of nitrogens with one attached hydrogen (secondary N) is 1. The van der Waals surface area contributed by atoms with Gasteiger partial charge in [-0.3, -0.25) is 0 Å². The van der Waals surface area contributed by atoms with Gasteiger partial charge in [-0.25, -0.2) is 10.1 Å². The molecule has 2 aromatic carbocycles. The van der Waals surface area contributed by atoms with Crippen molar-refractivity contribution >= 4 is 39.9 Å². The molecule has 9 heteroatoms. The number of rotatable bonds is 7. The number of halogens is 1. The summed E-state index contributed by atoms with van der Waals surface area (Å²) in [5, 5.41) is 12.8. The maximum atomic E-state index is 6.02. The normalized spacial score (nSPS) is 11.0. The molecule has 0 spiro atoms. The fraction of sp³-hybridized carbons (Fsp3) is 0.118. The fourth-order valence-corrected chi connectivity index (χ4v) is 3.30. The predicted molar refractivity (Wildman–Crippen MR) is 108 cm³/mol. The molecule has 7 nitrogen and oxygen atoms in total. The number of benzene rings is 2. The van der Waals surface area contributed by atoms with Gasteiger partial charge >= 0.3 is 0 Å². The van der Waals surface area contributed by atoms with Gasteiger partial charge in [-0.15, -0.1) is 10.2 Å². The highest BCUT2D eigenvalue weighted by molar-refractivity contribution is 9.10. The third-order valence-corrected chi connectivity index (χ3v) is 4.93. The molecule has 0 aliphatic rings. The monoisotopic (exact) mass is 432 g/mol. The van der Waals surface area contributed by atoms with Crippen LogP contribution in [0.5, 0.6) is 5.75 Å². The summed E-state index contributed by atoms with van der Waals surface area (Å²) in [6.07, 6.45) is 1.68. The minimum atomic E-state index is 0.369. The van der Waals surface area contributed by atoms with Crippen molar-refractivity contribution in [3.05, 3.63) is 64.1 Å². The van der Waals surface area contributed by atoms with Crippen LogP contribution in [0, 0.1) is 0 Å². The van der Waals surface area contributed by atoms with Gasteiger partial charge in [0.05, 0.1) is 13.3 Å². The molecule has 0 saturated carbocycles. The average Bonchev–Trinajstić information content (AvgIpc) is 3.00. The SMILES string of the molecule is COc1ccc(CSc2nnc(N/N=C/c3cccc(Br)c3)n2N)cc1. The number of nitrogens with two attached hydrogens (primary N) is 1. The van der Waals surface area contributed by atoms with Crippen molar-refractivity contribution in [2.24, 2.45) is 5.10 Å². The number of aromatic nitrogens is 3. The summed E-state index contributed by atoms with van der Waals surface area (Å²) in [5.74, 6) is 7.94. The number of nitrogens with zero attached hydrogens (tertiary/aromatic N) is 4. The van der Waals surface area contributed by atoms with E-state index in [0.29, 0.717) is 11.1 Å². The molecule has 0 aliphatic heterocycles. The number of ether oxygens (including phenoxy) is 1. The topological polar surface area (TPSA) is 90.4 Å². The second kappa shape index (κ2) is 8.72. The number of nitrogen functional groups attached to an aromatic ring is 1. The quantitative estimate of drug-likeness (QED) is 0.257. The maximum Gasteiger partial charge on any atom is 0.264 e. The molecule has 0 amide bonds. The van der Waals surface area contributed by atoms with Crippen molar-refractivity contribution < 1.29 is 4.74 Å². The zero-order valence-electron chi connectivity index (χ0n) is 14.0. The summed E-state index contributed by atoms with van der Waals surface area (Å²) >= 11 is 4.91. The molecule has 0 bridgehead atoms. The van der Waals surface area contributed by atoms with E-state index < -0.39 is 0 Å². The van der Waals surface area contributed by atoms with E-state index in [1.165, 1.54) is 16.4 Å². The van der Waals surface area contributed by atoms with Crippen molar-refractivity contribution in [2.75, 3.05) is 18.4 Å². The Morgan fingerprint density at radius 3 is 2.81 bits per heavy atom. The first-order valence-electron chi connectivity index (χ1n) is 7.66. The standard InChI is InChI=1S/C17H17BrN6OS/c1-25-15-7-5-12(6-8-15)11-26-17-23-22-16(24(17)19)21-20-10-13-3-2-4-14(18)9-13/h2-10H,11,19H2,1H3,(H,21,22)/b20-10+. The molecule has 1 aromatic heterocycles. The minimum Gasteiger partial charge on any atom is -0.497 e. The summed E-state index contributed by atoms with van der Waals surface area (Å²) in [7, 11) is 1.65. The van der Waals surface area contributed by atoms with Crippen LogP contribution in [-0.2, 0) is 5.75 Å². The molecular weight excluding hydrogens is 416 g/mol. The predicted octanol–water partition coefficient (Wildman–Crippen LogP) is 3.50. The summed E-state index contributed by atoms with van der Waals surface area (Å²) in [5.41, 5.74) is 4.89. The average molecular weight is 433 g/mol. The smallest absolute Gasteiger partial charge is 0.264 e. The highest BCUT2D eigenvalue weighted by Crippen LogP contribution is 2.23. The van der Waals surface area contributed by atoms with Crippen LogP contribution < -0.4 is 16.0 Å². The van der Waals surface area contributed by atoms with Crippen LogP contribution in [0.1, 0.15) is 11.1 Å². The molecule has 134 valence electrons. The maximum absolute atomic E-state index is 6.02. The minimum absolute atomic E-state index is 0.369. The highest BCUT2D eigenvalue weighted by Gasteiger charge is 2.09. The second-order valence-corrected chi connectivity index (χ2v) is 7.10. The molecule has 1 heterocycles. The molecule has 3 N–H and O–H groups in total. The molecule has 0 atom stereocenters. The Morgan fingerprint density at radius 2 is 2.08 bits per heavy atom. The summed E-state index contributed by atoms with van der Waals surface area (Å²) in [6.45, 7) is 0. The van der Waals surface area contributed by atoms with Crippen molar-refractivity contribution in [1.29, 1.82) is 0 Å². The van der Waals surface area contributed by atoms with Gasteiger partial charge in [0.25, 0.3) is 5.95 Å². The van der Waals surface area contributed by atoms with E-state index in [1.807, 2.05) is 48.5 Å². The van der Waals surface area contributed by atoms with Gasteiger partial charge in [-0.2, -0.15) is 5.10 Å². The summed E-state index contributed by atoms with van der Waals surface area (Å²) < 4.78 is 7.52. The first-order chi connectivity index (χ1) is 12.7. The Morgan fingerprint density at radius 1 is 1.27 bits per heavy atom. The first kappa shape index (κ1) is 18.3. The van der Waals surface area contributed by atoms with Crippen LogP contribution >= 0.6 is 27.7 Å². The van der Waals surface area contributed by atoms with Crippen LogP contribution in [-0.4, -0.2) is 28.2 Å². The zero-order chi connectivity index (χ0) is 18.4. The lowest BCUT2D eigenvalue weighted by Gasteiger charge is -2.04. The van der Waals surface area contributed by atoms with E-state index >= 15 is 0 Å². The summed E-state index contributed by atoms with van der Waals surface area (Å²) in [4.78, 5) is 0. The Kier molecular flexibility index (Phi) is 6.13. The molecule has 0 radical (unpaired) electrons. The molecule has 0 saturated heterocycles.